The van der Waals surface area contributed by atoms with Crippen molar-refractivity contribution in [2.45, 2.75) is 66.9 Å². The lowest BCUT2D eigenvalue weighted by Crippen LogP contribution is -2.20. The number of unbranched alkanes of at least 4 members (excludes halogenated alkanes) is 2. The van der Waals surface area contributed by atoms with Gasteiger partial charge in [0, 0.05) is 5.92 Å². The molecule has 1 unspecified atom stereocenters. The first-order valence-corrected chi connectivity index (χ1v) is 8.35. The van der Waals surface area contributed by atoms with Crippen LogP contribution in [-0.2, 0) is 11.4 Å². The van der Waals surface area contributed by atoms with E-state index in [1.54, 1.807) is 0 Å². The van der Waals surface area contributed by atoms with Gasteiger partial charge in [-0.25, -0.2) is 0 Å². The summed E-state index contributed by atoms with van der Waals surface area (Å²) in [7, 11) is 0. The van der Waals surface area contributed by atoms with Gasteiger partial charge in [-0.1, -0.05) is 76.8 Å². The van der Waals surface area contributed by atoms with Gasteiger partial charge in [-0.3, -0.25) is 4.79 Å². The fraction of sp³-hybridized carbons (Fsp3) is 0.632. The topological polar surface area (TPSA) is 63.3 Å². The van der Waals surface area contributed by atoms with Crippen molar-refractivity contribution in [1.29, 1.82) is 0 Å². The fourth-order valence-corrected chi connectivity index (χ4v) is 1.59. The number of hydrogen-bond acceptors (Lipinski definition) is 3. The number of carbonyl (C=O) groups excluding carboxylic acids is 1. The minimum absolute atomic E-state index is 0.141. The molecule has 0 aromatic heterocycles. The van der Waals surface area contributed by atoms with Crippen molar-refractivity contribution in [3.8, 4) is 0 Å². The first-order valence-electron chi connectivity index (χ1n) is 8.35. The van der Waals surface area contributed by atoms with Gasteiger partial charge in [-0.05, 0) is 18.9 Å². The largest absolute Gasteiger partial charge is 0.392 e. The molecule has 0 radical (unpaired) electrons. The third kappa shape index (κ3) is 13.8. The molecule has 3 N–H and O–H groups in total. The van der Waals surface area contributed by atoms with Crippen molar-refractivity contribution in [2.75, 3.05) is 6.54 Å². The van der Waals surface area contributed by atoms with Crippen LogP contribution in [0.2, 0.25) is 0 Å². The zero-order chi connectivity index (χ0) is 17.4. The Hall–Kier alpha value is -1.19. The lowest BCUT2D eigenvalue weighted by molar-refractivity contribution is -0.121. The number of ketones is 1. The van der Waals surface area contributed by atoms with Gasteiger partial charge in [0.2, 0.25) is 0 Å². The summed E-state index contributed by atoms with van der Waals surface area (Å²) in [6.07, 6.45) is 4.98. The zero-order valence-corrected chi connectivity index (χ0v) is 15.1. The van der Waals surface area contributed by atoms with Crippen LogP contribution >= 0.6 is 0 Å². The summed E-state index contributed by atoms with van der Waals surface area (Å²) in [4.78, 5) is 10.6. The maximum Gasteiger partial charge on any atom is 0.149 e. The molecule has 0 spiro atoms. The molecule has 22 heavy (non-hydrogen) atoms. The van der Waals surface area contributed by atoms with Gasteiger partial charge in [0.15, 0.2) is 0 Å². The van der Waals surface area contributed by atoms with Crippen molar-refractivity contribution in [1.82, 2.24) is 0 Å². The van der Waals surface area contributed by atoms with Crippen LogP contribution in [0.5, 0.6) is 0 Å². The molecular weight excluding hydrogens is 274 g/mol. The van der Waals surface area contributed by atoms with Crippen LogP contribution in [0, 0.1) is 12.8 Å². The first-order chi connectivity index (χ1) is 10.5. The third-order valence-corrected chi connectivity index (χ3v) is 3.34. The first kappa shape index (κ1) is 23.1. The second kappa shape index (κ2) is 16.2. The average Bonchev–Trinajstić information content (AvgIpc) is 2.55. The monoisotopic (exact) mass is 309 g/mol. The number of aliphatic hydroxyl groups excluding tert-OH is 1. The van der Waals surface area contributed by atoms with Crippen LogP contribution in [0.1, 0.15) is 64.5 Å². The van der Waals surface area contributed by atoms with E-state index < -0.39 is 0 Å². The molecule has 1 atom stereocenters. The molecule has 0 fully saturated rings. The Morgan fingerprint density at radius 1 is 1.23 bits per heavy atom. The minimum atomic E-state index is 0.141. The molecule has 0 aliphatic rings. The third-order valence-electron chi connectivity index (χ3n) is 3.34. The number of hydrogen-bond donors (Lipinski definition) is 2. The number of nitrogens with two attached hydrogens (primary N) is 1. The van der Waals surface area contributed by atoms with Gasteiger partial charge in [-0.2, -0.15) is 0 Å². The highest BCUT2D eigenvalue weighted by molar-refractivity contribution is 5.82. The standard InChI is InChI=1S/C8H10O.C6H13NO.C5H12/c1-7-3-2-4-8(5-7)6-9;1-3-5(2)6(8)4-7;1-3-5-4-2/h2-5,9H,6H2,1H3;5H,3-4,7H2,1-2H3;3-5H2,1-2H3. The SMILES string of the molecule is CCC(C)C(=O)CN.CCCCC.Cc1cccc(CO)c1. The second-order valence-corrected chi connectivity index (χ2v) is 5.48. The normalized spacial score (nSPS) is 10.7. The highest BCUT2D eigenvalue weighted by Crippen LogP contribution is 2.02. The van der Waals surface area contributed by atoms with Gasteiger partial charge in [0.25, 0.3) is 0 Å². The Labute approximate surface area is 136 Å². The van der Waals surface area contributed by atoms with Crippen LogP contribution in [0.3, 0.4) is 0 Å². The minimum Gasteiger partial charge on any atom is -0.392 e. The molecule has 0 saturated heterocycles. The van der Waals surface area contributed by atoms with E-state index in [-0.39, 0.29) is 24.9 Å². The maximum atomic E-state index is 10.6. The lowest BCUT2D eigenvalue weighted by Gasteiger charge is -2.01. The molecule has 3 nitrogen and oxygen atoms in total. The van der Waals surface area contributed by atoms with Gasteiger partial charge >= 0.3 is 0 Å². The summed E-state index contributed by atoms with van der Waals surface area (Å²) in [6, 6.07) is 7.84. The van der Waals surface area contributed by atoms with Crippen LogP contribution in [0.25, 0.3) is 0 Å². The molecule has 0 aliphatic heterocycles. The Morgan fingerprint density at radius 2 is 1.82 bits per heavy atom. The number of Topliss-reactive ketones (excluding diaryl/α,β-unsaturated/α-hetero) is 1. The summed E-state index contributed by atoms with van der Waals surface area (Å²) < 4.78 is 0. The van der Waals surface area contributed by atoms with E-state index in [0.717, 1.165) is 12.0 Å². The summed E-state index contributed by atoms with van der Waals surface area (Å²) in [6.45, 7) is 10.6. The van der Waals surface area contributed by atoms with Crippen LogP contribution in [0.15, 0.2) is 24.3 Å². The van der Waals surface area contributed by atoms with E-state index in [4.69, 9.17) is 10.8 Å². The molecular formula is C19H35NO2. The Morgan fingerprint density at radius 3 is 2.05 bits per heavy atom. The molecule has 1 aromatic rings. The van der Waals surface area contributed by atoms with Crippen molar-refractivity contribution in [2.24, 2.45) is 11.7 Å². The van der Waals surface area contributed by atoms with E-state index in [1.807, 2.05) is 45.0 Å². The van der Waals surface area contributed by atoms with E-state index >= 15 is 0 Å². The summed E-state index contributed by atoms with van der Waals surface area (Å²) in [5.74, 6) is 0.312. The highest BCUT2D eigenvalue weighted by Gasteiger charge is 2.06. The van der Waals surface area contributed by atoms with Crippen LogP contribution in [0.4, 0.5) is 0 Å². The molecule has 0 heterocycles. The second-order valence-electron chi connectivity index (χ2n) is 5.48. The van der Waals surface area contributed by atoms with Crippen molar-refractivity contribution >= 4 is 5.78 Å². The lowest BCUT2D eigenvalue weighted by atomic mass is 10.0. The summed E-state index contributed by atoms with van der Waals surface area (Å²) in [5, 5.41) is 8.66. The number of benzene rings is 1. The van der Waals surface area contributed by atoms with Crippen molar-refractivity contribution < 1.29 is 9.90 Å². The Kier molecular flexibility index (Phi) is 17.0. The molecule has 0 saturated carbocycles. The average molecular weight is 309 g/mol. The van der Waals surface area contributed by atoms with E-state index in [0.29, 0.717) is 0 Å². The van der Waals surface area contributed by atoms with Crippen LogP contribution in [-0.4, -0.2) is 17.4 Å². The van der Waals surface area contributed by atoms with Crippen molar-refractivity contribution in [3.63, 3.8) is 0 Å². The Balaban J connectivity index is 0. The zero-order valence-electron chi connectivity index (χ0n) is 15.1. The van der Waals surface area contributed by atoms with Crippen molar-refractivity contribution in [3.05, 3.63) is 35.4 Å². The molecule has 0 aliphatic carbocycles. The number of aliphatic hydroxyl groups is 1. The fourth-order valence-electron chi connectivity index (χ4n) is 1.59. The van der Waals surface area contributed by atoms with E-state index in [2.05, 4.69) is 13.8 Å². The van der Waals surface area contributed by atoms with Gasteiger partial charge in [-0.15, -0.1) is 0 Å². The van der Waals surface area contributed by atoms with Gasteiger partial charge in [0.1, 0.15) is 5.78 Å². The highest BCUT2D eigenvalue weighted by atomic mass is 16.3. The quantitative estimate of drug-likeness (QED) is 0.826. The molecule has 1 aromatic carbocycles. The van der Waals surface area contributed by atoms with E-state index in [1.165, 1.54) is 24.8 Å². The summed E-state index contributed by atoms with van der Waals surface area (Å²) in [5.41, 5.74) is 7.28. The van der Waals surface area contributed by atoms with Gasteiger partial charge in [0.05, 0.1) is 13.2 Å². The molecule has 0 bridgehead atoms. The molecule has 0 amide bonds. The Bertz CT molecular complexity index is 375. The molecule has 128 valence electrons. The predicted molar refractivity (Wildman–Crippen MR) is 95.8 cm³/mol. The number of aryl methyl sites for hydroxylation is 1. The summed E-state index contributed by atoms with van der Waals surface area (Å²) >= 11 is 0. The van der Waals surface area contributed by atoms with E-state index in [9.17, 15) is 4.79 Å². The predicted octanol–water partition coefficient (Wildman–Crippen LogP) is 4.24. The smallest absolute Gasteiger partial charge is 0.149 e. The van der Waals surface area contributed by atoms with Crippen LogP contribution < -0.4 is 5.73 Å². The molecule has 3 heteroatoms. The molecule has 1 rings (SSSR count). The number of rotatable bonds is 6. The van der Waals surface area contributed by atoms with Gasteiger partial charge < -0.3 is 10.8 Å². The maximum absolute atomic E-state index is 10.6. The number of carbonyl (C=O) groups is 1.